The van der Waals surface area contributed by atoms with Crippen LogP contribution in [0, 0.1) is 5.82 Å². The molecule has 0 aliphatic carbocycles. The molecule has 2 saturated heterocycles. The Labute approximate surface area is 115 Å². The van der Waals surface area contributed by atoms with Crippen LogP contribution in [-0.4, -0.2) is 37.1 Å². The van der Waals surface area contributed by atoms with E-state index in [9.17, 15) is 4.39 Å². The molecular weight excluding hydrogens is 239 g/mol. The van der Waals surface area contributed by atoms with Crippen LogP contribution in [0.1, 0.15) is 37.2 Å². The van der Waals surface area contributed by atoms with E-state index in [1.807, 2.05) is 12.1 Å². The summed E-state index contributed by atoms with van der Waals surface area (Å²) in [6.07, 6.45) is 5.07. The van der Waals surface area contributed by atoms with E-state index in [-0.39, 0.29) is 5.82 Å². The van der Waals surface area contributed by atoms with E-state index < -0.39 is 0 Å². The van der Waals surface area contributed by atoms with Crippen molar-refractivity contribution in [1.82, 2.24) is 10.2 Å². The minimum Gasteiger partial charge on any atom is -0.315 e. The van der Waals surface area contributed by atoms with Crippen LogP contribution in [0.5, 0.6) is 0 Å². The van der Waals surface area contributed by atoms with Crippen molar-refractivity contribution >= 4 is 0 Å². The maximum absolute atomic E-state index is 12.9. The fraction of sp³-hybridized carbons (Fsp3) is 0.625. The zero-order valence-corrected chi connectivity index (χ0v) is 11.4. The molecule has 2 aliphatic rings. The first-order chi connectivity index (χ1) is 9.33. The van der Waals surface area contributed by atoms with Crippen molar-refractivity contribution in [2.75, 3.05) is 26.2 Å². The Hall–Kier alpha value is -0.930. The van der Waals surface area contributed by atoms with Crippen LogP contribution < -0.4 is 5.32 Å². The molecule has 2 aliphatic heterocycles. The first-order valence-corrected chi connectivity index (χ1v) is 7.53. The van der Waals surface area contributed by atoms with Crippen LogP contribution in [-0.2, 0) is 0 Å². The molecule has 104 valence electrons. The molecule has 19 heavy (non-hydrogen) atoms. The predicted octanol–water partition coefficient (Wildman–Crippen LogP) is 2.76. The Morgan fingerprint density at radius 1 is 1.05 bits per heavy atom. The number of nitrogens with zero attached hydrogens (tertiary/aromatic N) is 1. The molecule has 2 nitrogen and oxygen atoms in total. The molecule has 0 spiro atoms. The molecule has 0 saturated carbocycles. The summed E-state index contributed by atoms with van der Waals surface area (Å²) >= 11 is 0. The minimum atomic E-state index is -0.130. The Kier molecular flexibility index (Phi) is 4.14. The highest BCUT2D eigenvalue weighted by molar-refractivity contribution is 5.21. The van der Waals surface area contributed by atoms with Crippen molar-refractivity contribution in [1.29, 1.82) is 0 Å². The van der Waals surface area contributed by atoms with E-state index in [1.54, 1.807) is 12.1 Å². The van der Waals surface area contributed by atoms with Crippen LogP contribution >= 0.6 is 0 Å². The van der Waals surface area contributed by atoms with E-state index in [1.165, 1.54) is 50.9 Å². The first kappa shape index (κ1) is 13.1. The summed E-state index contributed by atoms with van der Waals surface area (Å²) in [5.41, 5.74) is 1.31. The average molecular weight is 262 g/mol. The Balaban J connectivity index is 1.55. The van der Waals surface area contributed by atoms with Crippen LogP contribution in [0.4, 0.5) is 4.39 Å². The molecule has 1 atom stereocenters. The van der Waals surface area contributed by atoms with Crippen molar-refractivity contribution in [2.24, 2.45) is 0 Å². The third-order valence-corrected chi connectivity index (χ3v) is 4.66. The van der Waals surface area contributed by atoms with Crippen LogP contribution in [0.25, 0.3) is 0 Å². The quantitative estimate of drug-likeness (QED) is 0.881. The van der Waals surface area contributed by atoms with Gasteiger partial charge in [0.1, 0.15) is 5.82 Å². The zero-order chi connectivity index (χ0) is 13.1. The third kappa shape index (κ3) is 3.15. The third-order valence-electron chi connectivity index (χ3n) is 4.66. The number of rotatable bonds is 2. The number of benzene rings is 1. The van der Waals surface area contributed by atoms with Gasteiger partial charge < -0.3 is 5.32 Å². The van der Waals surface area contributed by atoms with Crippen LogP contribution in [0.3, 0.4) is 0 Å². The highest BCUT2D eigenvalue weighted by Gasteiger charge is 2.26. The van der Waals surface area contributed by atoms with Gasteiger partial charge in [-0.25, -0.2) is 4.39 Å². The molecule has 3 heteroatoms. The fourth-order valence-corrected chi connectivity index (χ4v) is 3.48. The maximum atomic E-state index is 12.9. The van der Waals surface area contributed by atoms with Gasteiger partial charge in [-0.2, -0.15) is 0 Å². The van der Waals surface area contributed by atoms with Gasteiger partial charge >= 0.3 is 0 Å². The van der Waals surface area contributed by atoms with Crippen LogP contribution in [0.2, 0.25) is 0 Å². The lowest BCUT2D eigenvalue weighted by Crippen LogP contribution is -2.48. The molecule has 0 radical (unpaired) electrons. The molecule has 0 amide bonds. The molecule has 1 unspecified atom stereocenters. The molecule has 1 N–H and O–H groups in total. The van der Waals surface area contributed by atoms with Gasteiger partial charge in [-0.05, 0) is 68.9 Å². The normalized spacial score (nSPS) is 26.5. The van der Waals surface area contributed by atoms with Gasteiger partial charge in [0.05, 0.1) is 0 Å². The summed E-state index contributed by atoms with van der Waals surface area (Å²) < 4.78 is 12.9. The summed E-state index contributed by atoms with van der Waals surface area (Å²) in [4.78, 5) is 2.65. The molecule has 0 aromatic heterocycles. The van der Waals surface area contributed by atoms with Gasteiger partial charge in [0.25, 0.3) is 0 Å². The second-order valence-corrected chi connectivity index (χ2v) is 5.86. The van der Waals surface area contributed by atoms with Gasteiger partial charge in [-0.15, -0.1) is 0 Å². The maximum Gasteiger partial charge on any atom is 0.123 e. The van der Waals surface area contributed by atoms with Gasteiger partial charge in [0.2, 0.25) is 0 Å². The van der Waals surface area contributed by atoms with Crippen molar-refractivity contribution in [3.8, 4) is 0 Å². The number of hydrogen-bond donors (Lipinski definition) is 1. The van der Waals surface area contributed by atoms with E-state index in [0.29, 0.717) is 5.92 Å². The predicted molar refractivity (Wildman–Crippen MR) is 75.8 cm³/mol. The van der Waals surface area contributed by atoms with Gasteiger partial charge in [-0.1, -0.05) is 12.1 Å². The smallest absolute Gasteiger partial charge is 0.123 e. The van der Waals surface area contributed by atoms with Crippen molar-refractivity contribution in [3.05, 3.63) is 35.6 Å². The summed E-state index contributed by atoms with van der Waals surface area (Å²) in [7, 11) is 0. The lowest BCUT2D eigenvalue weighted by molar-refractivity contribution is 0.130. The van der Waals surface area contributed by atoms with Gasteiger partial charge in [-0.3, -0.25) is 4.90 Å². The lowest BCUT2D eigenvalue weighted by atomic mass is 9.88. The highest BCUT2D eigenvalue weighted by Crippen LogP contribution is 2.29. The molecule has 2 fully saturated rings. The summed E-state index contributed by atoms with van der Waals surface area (Å²) in [6.45, 7) is 4.71. The number of piperidine rings is 2. The molecule has 1 aromatic rings. The monoisotopic (exact) mass is 262 g/mol. The second kappa shape index (κ2) is 6.02. The zero-order valence-electron chi connectivity index (χ0n) is 11.4. The molecule has 0 bridgehead atoms. The number of halogens is 1. The lowest BCUT2D eigenvalue weighted by Gasteiger charge is -2.39. The molecule has 1 aromatic carbocycles. The molecule has 3 rings (SSSR count). The number of nitrogens with one attached hydrogen (secondary N) is 1. The van der Waals surface area contributed by atoms with E-state index in [2.05, 4.69) is 10.2 Å². The minimum absolute atomic E-state index is 0.130. The van der Waals surface area contributed by atoms with E-state index in [0.717, 1.165) is 12.6 Å². The summed E-state index contributed by atoms with van der Waals surface area (Å²) in [5, 5.41) is 3.50. The topological polar surface area (TPSA) is 15.3 Å². The van der Waals surface area contributed by atoms with Crippen LogP contribution in [0.15, 0.2) is 24.3 Å². The summed E-state index contributed by atoms with van der Waals surface area (Å²) in [5.74, 6) is 0.489. The SMILES string of the molecule is Fc1ccc(C2CCN(C3CCCNC3)CC2)cc1. The molecular formula is C16H23FN2. The fourth-order valence-electron chi connectivity index (χ4n) is 3.48. The Morgan fingerprint density at radius 3 is 2.42 bits per heavy atom. The largest absolute Gasteiger partial charge is 0.315 e. The standard InChI is InChI=1S/C16H23FN2/c17-15-5-3-13(4-6-15)14-7-10-19(11-8-14)16-2-1-9-18-12-16/h3-6,14,16,18H,1-2,7-12H2. The second-order valence-electron chi connectivity index (χ2n) is 5.86. The Morgan fingerprint density at radius 2 is 1.79 bits per heavy atom. The van der Waals surface area contributed by atoms with E-state index in [4.69, 9.17) is 0 Å². The average Bonchev–Trinajstić information content (AvgIpc) is 2.49. The Bertz CT molecular complexity index is 390. The van der Waals surface area contributed by atoms with Crippen molar-refractivity contribution in [3.63, 3.8) is 0 Å². The van der Waals surface area contributed by atoms with Gasteiger partial charge in [0.15, 0.2) is 0 Å². The van der Waals surface area contributed by atoms with Gasteiger partial charge in [0, 0.05) is 12.6 Å². The molecule has 2 heterocycles. The highest BCUT2D eigenvalue weighted by atomic mass is 19.1. The van der Waals surface area contributed by atoms with Crippen molar-refractivity contribution < 1.29 is 4.39 Å². The number of hydrogen-bond acceptors (Lipinski definition) is 2. The number of likely N-dealkylation sites (tertiary alicyclic amines) is 1. The van der Waals surface area contributed by atoms with E-state index >= 15 is 0 Å². The summed E-state index contributed by atoms with van der Waals surface area (Å²) in [6, 6.07) is 7.83. The first-order valence-electron chi connectivity index (χ1n) is 7.53. The van der Waals surface area contributed by atoms with Crippen molar-refractivity contribution in [2.45, 2.75) is 37.6 Å².